The van der Waals surface area contributed by atoms with Crippen molar-refractivity contribution in [1.29, 1.82) is 0 Å². The molecule has 1 aliphatic rings. The van der Waals surface area contributed by atoms with Crippen molar-refractivity contribution >= 4 is 5.69 Å². The lowest BCUT2D eigenvalue weighted by Gasteiger charge is -2.34. The van der Waals surface area contributed by atoms with Gasteiger partial charge in [0.2, 0.25) is 0 Å². The minimum atomic E-state index is 0.724. The fourth-order valence-corrected chi connectivity index (χ4v) is 2.05. The van der Waals surface area contributed by atoms with Gasteiger partial charge in [0.1, 0.15) is 0 Å². The molecule has 1 fully saturated rings. The molecule has 0 spiro atoms. The highest BCUT2D eigenvalue weighted by Crippen LogP contribution is 2.17. The number of benzene rings is 1. The molecule has 0 saturated carbocycles. The summed E-state index contributed by atoms with van der Waals surface area (Å²) in [6.07, 6.45) is 0. The Morgan fingerprint density at radius 3 is 2.69 bits per heavy atom. The van der Waals surface area contributed by atoms with Crippen molar-refractivity contribution in [2.24, 2.45) is 5.84 Å². The van der Waals surface area contributed by atoms with Crippen molar-refractivity contribution in [1.82, 2.24) is 10.3 Å². The van der Waals surface area contributed by atoms with Gasteiger partial charge in [-0.2, -0.15) is 0 Å². The fourth-order valence-electron chi connectivity index (χ4n) is 2.05. The first kappa shape index (κ1) is 11.4. The van der Waals surface area contributed by atoms with Crippen LogP contribution in [-0.2, 0) is 6.54 Å². The average molecular weight is 220 g/mol. The first-order valence-corrected chi connectivity index (χ1v) is 5.75. The zero-order valence-corrected chi connectivity index (χ0v) is 9.82. The van der Waals surface area contributed by atoms with Gasteiger partial charge in [-0.25, -0.2) is 0 Å². The van der Waals surface area contributed by atoms with Gasteiger partial charge in [0, 0.05) is 38.4 Å². The summed E-state index contributed by atoms with van der Waals surface area (Å²) in [5, 5.41) is 0. The highest BCUT2D eigenvalue weighted by Gasteiger charge is 2.13. The predicted octanol–water partition coefficient (Wildman–Crippen LogP) is 0.402. The Bertz CT molecular complexity index is 332. The largest absolute Gasteiger partial charge is 0.369 e. The summed E-state index contributed by atoms with van der Waals surface area (Å²) in [5.74, 6) is 5.34. The molecule has 4 nitrogen and oxygen atoms in total. The minimum absolute atomic E-state index is 0.724. The third-order valence-electron chi connectivity index (χ3n) is 3.09. The number of piperazine rings is 1. The van der Waals surface area contributed by atoms with E-state index in [1.807, 2.05) is 0 Å². The molecule has 0 aliphatic carbocycles. The Kier molecular flexibility index (Phi) is 3.77. The van der Waals surface area contributed by atoms with Crippen LogP contribution in [0.25, 0.3) is 0 Å². The molecular formula is C12H20N4. The molecule has 0 bridgehead atoms. The van der Waals surface area contributed by atoms with Gasteiger partial charge >= 0.3 is 0 Å². The van der Waals surface area contributed by atoms with Crippen molar-refractivity contribution in [2.75, 3.05) is 38.1 Å². The lowest BCUT2D eigenvalue weighted by Crippen LogP contribution is -2.44. The van der Waals surface area contributed by atoms with Gasteiger partial charge in [0.25, 0.3) is 0 Å². The van der Waals surface area contributed by atoms with Gasteiger partial charge in [0.15, 0.2) is 0 Å². The standard InChI is InChI=1S/C12H20N4/c1-15-5-7-16(8-6-15)12-4-2-3-11(9-12)10-14-13/h2-4,9,14H,5-8,10,13H2,1H3. The average Bonchev–Trinajstić information content (AvgIpc) is 2.31. The van der Waals surface area contributed by atoms with Crippen LogP contribution in [0, 0.1) is 0 Å². The van der Waals surface area contributed by atoms with Gasteiger partial charge in [-0.3, -0.25) is 11.3 Å². The fraction of sp³-hybridized carbons (Fsp3) is 0.500. The van der Waals surface area contributed by atoms with Crippen LogP contribution in [0.15, 0.2) is 24.3 Å². The Balaban J connectivity index is 2.05. The molecule has 1 aromatic carbocycles. The quantitative estimate of drug-likeness (QED) is 0.572. The SMILES string of the molecule is CN1CCN(c2cccc(CNN)c2)CC1. The lowest BCUT2D eigenvalue weighted by molar-refractivity contribution is 0.313. The van der Waals surface area contributed by atoms with E-state index < -0.39 is 0 Å². The Labute approximate surface area is 97.0 Å². The van der Waals surface area contributed by atoms with Crippen LogP contribution in [0.5, 0.6) is 0 Å². The molecule has 0 radical (unpaired) electrons. The van der Waals surface area contributed by atoms with E-state index in [1.54, 1.807) is 0 Å². The molecule has 0 aromatic heterocycles. The van der Waals surface area contributed by atoms with Crippen molar-refractivity contribution in [3.63, 3.8) is 0 Å². The molecule has 3 N–H and O–H groups in total. The van der Waals surface area contributed by atoms with Crippen LogP contribution < -0.4 is 16.2 Å². The van der Waals surface area contributed by atoms with E-state index in [-0.39, 0.29) is 0 Å². The molecule has 4 heteroatoms. The van der Waals surface area contributed by atoms with Crippen LogP contribution in [0.1, 0.15) is 5.56 Å². The van der Waals surface area contributed by atoms with Gasteiger partial charge in [0.05, 0.1) is 0 Å². The number of nitrogens with zero attached hydrogens (tertiary/aromatic N) is 2. The second-order valence-corrected chi connectivity index (χ2v) is 4.34. The third-order valence-corrected chi connectivity index (χ3v) is 3.09. The van der Waals surface area contributed by atoms with E-state index in [9.17, 15) is 0 Å². The Morgan fingerprint density at radius 1 is 1.25 bits per heavy atom. The number of hydrazine groups is 1. The molecule has 1 heterocycles. The first-order valence-electron chi connectivity index (χ1n) is 5.75. The Morgan fingerprint density at radius 2 is 2.00 bits per heavy atom. The number of hydrogen-bond acceptors (Lipinski definition) is 4. The molecule has 16 heavy (non-hydrogen) atoms. The molecule has 1 saturated heterocycles. The predicted molar refractivity (Wildman–Crippen MR) is 67.2 cm³/mol. The summed E-state index contributed by atoms with van der Waals surface area (Å²) in [4.78, 5) is 4.79. The van der Waals surface area contributed by atoms with Crippen LogP contribution in [0.4, 0.5) is 5.69 Å². The molecule has 0 amide bonds. The molecular weight excluding hydrogens is 200 g/mol. The van der Waals surface area contributed by atoms with E-state index in [0.29, 0.717) is 0 Å². The van der Waals surface area contributed by atoms with E-state index in [2.05, 4.69) is 46.5 Å². The summed E-state index contributed by atoms with van der Waals surface area (Å²) in [6, 6.07) is 8.58. The van der Waals surface area contributed by atoms with Gasteiger partial charge in [-0.15, -0.1) is 0 Å². The second kappa shape index (κ2) is 5.30. The third kappa shape index (κ3) is 2.72. The summed E-state index contributed by atoms with van der Waals surface area (Å²) in [7, 11) is 2.17. The Hall–Kier alpha value is -1.10. The smallest absolute Gasteiger partial charge is 0.0370 e. The second-order valence-electron chi connectivity index (χ2n) is 4.34. The zero-order chi connectivity index (χ0) is 11.4. The van der Waals surface area contributed by atoms with Gasteiger partial charge in [-0.05, 0) is 24.7 Å². The number of rotatable bonds is 3. The van der Waals surface area contributed by atoms with E-state index in [0.717, 1.165) is 32.7 Å². The van der Waals surface area contributed by atoms with Crippen molar-refractivity contribution < 1.29 is 0 Å². The molecule has 1 aliphatic heterocycles. The van der Waals surface area contributed by atoms with Crippen molar-refractivity contribution in [3.05, 3.63) is 29.8 Å². The van der Waals surface area contributed by atoms with Crippen LogP contribution in [0.3, 0.4) is 0 Å². The van der Waals surface area contributed by atoms with E-state index in [4.69, 9.17) is 5.84 Å². The number of nitrogens with two attached hydrogens (primary N) is 1. The summed E-state index contributed by atoms with van der Waals surface area (Å²) >= 11 is 0. The zero-order valence-electron chi connectivity index (χ0n) is 9.82. The highest BCUT2D eigenvalue weighted by atomic mass is 15.2. The number of nitrogens with one attached hydrogen (secondary N) is 1. The minimum Gasteiger partial charge on any atom is -0.369 e. The van der Waals surface area contributed by atoms with Crippen molar-refractivity contribution in [2.45, 2.75) is 6.54 Å². The van der Waals surface area contributed by atoms with E-state index in [1.165, 1.54) is 11.3 Å². The molecule has 1 aromatic rings. The highest BCUT2D eigenvalue weighted by molar-refractivity contribution is 5.49. The number of hydrogen-bond donors (Lipinski definition) is 2. The van der Waals surface area contributed by atoms with Crippen molar-refractivity contribution in [3.8, 4) is 0 Å². The lowest BCUT2D eigenvalue weighted by atomic mass is 10.1. The monoisotopic (exact) mass is 220 g/mol. The maximum atomic E-state index is 5.34. The van der Waals surface area contributed by atoms with Crippen LogP contribution in [-0.4, -0.2) is 38.1 Å². The number of likely N-dealkylation sites (N-methyl/N-ethyl adjacent to an activating group) is 1. The summed E-state index contributed by atoms with van der Waals surface area (Å²) in [5.41, 5.74) is 5.24. The van der Waals surface area contributed by atoms with Gasteiger partial charge in [-0.1, -0.05) is 12.1 Å². The van der Waals surface area contributed by atoms with E-state index >= 15 is 0 Å². The molecule has 0 unspecified atom stereocenters. The molecule has 0 atom stereocenters. The van der Waals surface area contributed by atoms with Crippen LogP contribution >= 0.6 is 0 Å². The molecule has 2 rings (SSSR count). The topological polar surface area (TPSA) is 44.5 Å². The summed E-state index contributed by atoms with van der Waals surface area (Å²) in [6.45, 7) is 5.21. The van der Waals surface area contributed by atoms with Crippen LogP contribution in [0.2, 0.25) is 0 Å². The maximum absolute atomic E-state index is 5.34. The summed E-state index contributed by atoms with van der Waals surface area (Å²) < 4.78 is 0. The number of anilines is 1. The maximum Gasteiger partial charge on any atom is 0.0370 e. The first-order chi connectivity index (χ1) is 7.79. The normalized spacial score (nSPS) is 17.8. The molecule has 88 valence electrons. The van der Waals surface area contributed by atoms with Gasteiger partial charge < -0.3 is 9.80 Å².